The molecule has 0 aromatic heterocycles. The number of nitrogens with zero attached hydrogens (tertiary/aromatic N) is 1. The first-order valence-corrected chi connectivity index (χ1v) is 8.35. The molecule has 2 aliphatic rings. The second kappa shape index (κ2) is 5.67. The first kappa shape index (κ1) is 13.3. The quantitative estimate of drug-likeness (QED) is 0.831. The van der Waals surface area contributed by atoms with Crippen LogP contribution in [0, 0.1) is 5.92 Å². The van der Waals surface area contributed by atoms with E-state index < -0.39 is 10.0 Å². The molecule has 0 radical (unpaired) electrons. The molecular weight excluding hydrogens is 238 g/mol. The van der Waals surface area contributed by atoms with E-state index in [9.17, 15) is 13.5 Å². The van der Waals surface area contributed by atoms with Crippen molar-refractivity contribution in [3.05, 3.63) is 0 Å². The summed E-state index contributed by atoms with van der Waals surface area (Å²) in [5.41, 5.74) is 0. The maximum absolute atomic E-state index is 12.3. The van der Waals surface area contributed by atoms with Gasteiger partial charge in [-0.05, 0) is 31.6 Å². The Morgan fingerprint density at radius 1 is 1.06 bits per heavy atom. The average Bonchev–Trinajstić information content (AvgIpc) is 2.78. The summed E-state index contributed by atoms with van der Waals surface area (Å²) in [4.78, 5) is 0. The summed E-state index contributed by atoms with van der Waals surface area (Å²) in [6.45, 7) is 0.560. The third kappa shape index (κ3) is 3.20. The summed E-state index contributed by atoms with van der Waals surface area (Å²) in [6, 6.07) is -0.163. The molecule has 1 atom stereocenters. The largest absolute Gasteiger partial charge is 0.395 e. The topological polar surface area (TPSA) is 57.6 Å². The minimum absolute atomic E-state index is 0.0378. The molecule has 0 aromatic carbocycles. The molecule has 0 spiro atoms. The molecule has 100 valence electrons. The Kier molecular flexibility index (Phi) is 4.44. The maximum Gasteiger partial charge on any atom is 0.214 e. The highest BCUT2D eigenvalue weighted by Crippen LogP contribution is 2.28. The Hall–Kier alpha value is -0.130. The molecule has 1 heterocycles. The average molecular weight is 261 g/mol. The van der Waals surface area contributed by atoms with Crippen molar-refractivity contribution in [2.45, 2.75) is 51.0 Å². The van der Waals surface area contributed by atoms with Crippen molar-refractivity contribution in [2.75, 3.05) is 18.9 Å². The molecular formula is C12H23NO3S. The van der Waals surface area contributed by atoms with E-state index >= 15 is 0 Å². The summed E-state index contributed by atoms with van der Waals surface area (Å²) < 4.78 is 26.1. The lowest BCUT2D eigenvalue weighted by Crippen LogP contribution is -2.40. The number of hydrogen-bond acceptors (Lipinski definition) is 3. The number of aliphatic hydroxyl groups is 1. The molecule has 0 aromatic rings. The van der Waals surface area contributed by atoms with E-state index in [2.05, 4.69) is 0 Å². The SMILES string of the molecule is O=S(=O)(CC1CCCCC1)N1CCC[C@@H]1CO. The van der Waals surface area contributed by atoms with Crippen molar-refractivity contribution in [1.82, 2.24) is 4.31 Å². The molecule has 1 N–H and O–H groups in total. The molecule has 0 amide bonds. The summed E-state index contributed by atoms with van der Waals surface area (Å²) in [5.74, 6) is 0.637. The fourth-order valence-electron chi connectivity index (χ4n) is 3.11. The van der Waals surface area contributed by atoms with Gasteiger partial charge in [-0.15, -0.1) is 0 Å². The van der Waals surface area contributed by atoms with E-state index in [1.807, 2.05) is 0 Å². The summed E-state index contributed by atoms with van der Waals surface area (Å²) in [6.07, 6.45) is 7.38. The highest BCUT2D eigenvalue weighted by molar-refractivity contribution is 7.89. The minimum atomic E-state index is -3.15. The molecule has 5 heteroatoms. The minimum Gasteiger partial charge on any atom is -0.395 e. The van der Waals surface area contributed by atoms with Gasteiger partial charge in [-0.1, -0.05) is 19.3 Å². The lowest BCUT2D eigenvalue weighted by molar-refractivity contribution is 0.212. The molecule has 1 aliphatic heterocycles. The predicted molar refractivity (Wildman–Crippen MR) is 67.2 cm³/mol. The molecule has 0 unspecified atom stereocenters. The molecule has 0 bridgehead atoms. The van der Waals surface area contributed by atoms with Crippen LogP contribution >= 0.6 is 0 Å². The van der Waals surface area contributed by atoms with Gasteiger partial charge in [-0.25, -0.2) is 8.42 Å². The third-order valence-corrected chi connectivity index (χ3v) is 6.15. The monoisotopic (exact) mass is 261 g/mol. The Labute approximate surface area is 104 Å². The molecule has 4 nitrogen and oxygen atoms in total. The second-order valence-electron chi connectivity index (χ2n) is 5.37. The van der Waals surface area contributed by atoms with Gasteiger partial charge in [0, 0.05) is 12.6 Å². The number of rotatable bonds is 4. The van der Waals surface area contributed by atoms with Crippen LogP contribution < -0.4 is 0 Å². The van der Waals surface area contributed by atoms with E-state index in [-0.39, 0.29) is 12.6 Å². The van der Waals surface area contributed by atoms with Crippen LogP contribution in [-0.2, 0) is 10.0 Å². The van der Waals surface area contributed by atoms with E-state index in [0.717, 1.165) is 25.7 Å². The fourth-order valence-corrected chi connectivity index (χ4v) is 5.26. The third-order valence-electron chi connectivity index (χ3n) is 4.06. The summed E-state index contributed by atoms with van der Waals surface area (Å²) >= 11 is 0. The Bertz CT molecular complexity index is 336. The van der Waals surface area contributed by atoms with Crippen molar-refractivity contribution >= 4 is 10.0 Å². The van der Waals surface area contributed by atoms with Crippen molar-refractivity contribution in [2.24, 2.45) is 5.92 Å². The zero-order valence-electron chi connectivity index (χ0n) is 10.3. The lowest BCUT2D eigenvalue weighted by atomic mass is 9.91. The number of hydrogen-bond donors (Lipinski definition) is 1. The van der Waals surface area contributed by atoms with Crippen molar-refractivity contribution in [1.29, 1.82) is 0 Å². The highest BCUT2D eigenvalue weighted by atomic mass is 32.2. The van der Waals surface area contributed by atoms with Gasteiger partial charge in [0.25, 0.3) is 0 Å². The fraction of sp³-hybridized carbons (Fsp3) is 1.00. The Morgan fingerprint density at radius 2 is 1.76 bits per heavy atom. The van der Waals surface area contributed by atoms with Gasteiger partial charge in [0.15, 0.2) is 0 Å². The van der Waals surface area contributed by atoms with Crippen LogP contribution in [0.4, 0.5) is 0 Å². The van der Waals surface area contributed by atoms with Gasteiger partial charge < -0.3 is 5.11 Å². The standard InChI is InChI=1S/C12H23NO3S/c14-9-12-7-4-8-13(12)17(15,16)10-11-5-2-1-3-6-11/h11-12,14H,1-10H2/t12-/m1/s1. The van der Waals surface area contributed by atoms with Crippen LogP contribution in [0.3, 0.4) is 0 Å². The van der Waals surface area contributed by atoms with Crippen molar-refractivity contribution in [3.63, 3.8) is 0 Å². The van der Waals surface area contributed by atoms with Crippen LogP contribution in [0.15, 0.2) is 0 Å². The smallest absolute Gasteiger partial charge is 0.214 e. The Balaban J connectivity index is 1.97. The number of sulfonamides is 1. The molecule has 1 aliphatic carbocycles. The van der Waals surface area contributed by atoms with Gasteiger partial charge in [0.2, 0.25) is 10.0 Å². The highest BCUT2D eigenvalue weighted by Gasteiger charge is 2.35. The van der Waals surface area contributed by atoms with Crippen LogP contribution in [0.25, 0.3) is 0 Å². The zero-order chi connectivity index (χ0) is 12.3. The van der Waals surface area contributed by atoms with Gasteiger partial charge in [0.1, 0.15) is 0 Å². The van der Waals surface area contributed by atoms with E-state index in [1.165, 1.54) is 19.3 Å². The van der Waals surface area contributed by atoms with Crippen LogP contribution in [0.1, 0.15) is 44.9 Å². The Morgan fingerprint density at radius 3 is 2.41 bits per heavy atom. The van der Waals surface area contributed by atoms with Gasteiger partial charge in [-0.3, -0.25) is 0 Å². The second-order valence-corrected chi connectivity index (χ2v) is 7.34. The summed E-state index contributed by atoms with van der Waals surface area (Å²) in [7, 11) is -3.15. The van der Waals surface area contributed by atoms with Crippen LogP contribution in [0.2, 0.25) is 0 Å². The van der Waals surface area contributed by atoms with Crippen molar-refractivity contribution < 1.29 is 13.5 Å². The lowest BCUT2D eigenvalue weighted by Gasteiger charge is -2.27. The number of aliphatic hydroxyl groups excluding tert-OH is 1. The molecule has 2 fully saturated rings. The van der Waals surface area contributed by atoms with Gasteiger partial charge >= 0.3 is 0 Å². The van der Waals surface area contributed by atoms with E-state index in [0.29, 0.717) is 18.2 Å². The van der Waals surface area contributed by atoms with Crippen LogP contribution in [-0.4, -0.2) is 42.8 Å². The van der Waals surface area contributed by atoms with E-state index in [4.69, 9.17) is 0 Å². The normalized spacial score (nSPS) is 28.6. The van der Waals surface area contributed by atoms with Gasteiger partial charge in [-0.2, -0.15) is 4.31 Å². The molecule has 2 rings (SSSR count). The summed E-state index contributed by atoms with van der Waals surface area (Å²) in [5, 5.41) is 9.20. The molecule has 1 saturated carbocycles. The predicted octanol–water partition coefficient (Wildman–Crippen LogP) is 1.35. The van der Waals surface area contributed by atoms with Gasteiger partial charge in [0.05, 0.1) is 12.4 Å². The first-order chi connectivity index (χ1) is 8.13. The zero-order valence-corrected chi connectivity index (χ0v) is 11.2. The van der Waals surface area contributed by atoms with Crippen LogP contribution in [0.5, 0.6) is 0 Å². The molecule has 17 heavy (non-hydrogen) atoms. The maximum atomic E-state index is 12.3. The van der Waals surface area contributed by atoms with Crippen molar-refractivity contribution in [3.8, 4) is 0 Å². The first-order valence-electron chi connectivity index (χ1n) is 6.74. The molecule has 1 saturated heterocycles. The van der Waals surface area contributed by atoms with E-state index in [1.54, 1.807) is 4.31 Å².